The van der Waals surface area contributed by atoms with E-state index in [9.17, 15) is 14.4 Å². The van der Waals surface area contributed by atoms with Gasteiger partial charge in [-0.15, -0.1) is 0 Å². The van der Waals surface area contributed by atoms with Gasteiger partial charge in [0.05, 0.1) is 0 Å². The predicted molar refractivity (Wildman–Crippen MR) is 151 cm³/mol. The third kappa shape index (κ3) is 5.08. The van der Waals surface area contributed by atoms with E-state index in [1.807, 2.05) is 77.9 Å². The van der Waals surface area contributed by atoms with Crippen molar-refractivity contribution in [2.45, 2.75) is 80.1 Å². The molecule has 0 radical (unpaired) electrons. The highest BCUT2D eigenvalue weighted by Crippen LogP contribution is 2.40. The summed E-state index contributed by atoms with van der Waals surface area (Å²) in [6.45, 7) is 17.1. The summed E-state index contributed by atoms with van der Waals surface area (Å²) in [5.74, 6) is -1.85. The Balaban J connectivity index is 2.14. The Hall–Kier alpha value is -3.93. The van der Waals surface area contributed by atoms with E-state index >= 15 is 0 Å². The van der Waals surface area contributed by atoms with Crippen LogP contribution in [0.5, 0.6) is 17.2 Å². The lowest BCUT2D eigenvalue weighted by Gasteiger charge is -2.24. The lowest BCUT2D eigenvalue weighted by atomic mass is 9.92. The minimum atomic E-state index is -0.697. The Bertz CT molecular complexity index is 1310. The number of fused-ring (bicyclic) bond motifs is 3. The lowest BCUT2D eigenvalue weighted by Crippen LogP contribution is -2.24. The molecule has 1 aliphatic heterocycles. The molecule has 0 amide bonds. The van der Waals surface area contributed by atoms with Gasteiger partial charge in [-0.25, -0.2) is 14.4 Å². The third-order valence-electron chi connectivity index (χ3n) is 7.22. The number of benzene rings is 3. The van der Waals surface area contributed by atoms with E-state index < -0.39 is 17.9 Å². The molecule has 0 unspecified atom stereocenters. The molecule has 0 spiro atoms. The highest BCUT2D eigenvalue weighted by molar-refractivity contribution is 6.04. The van der Waals surface area contributed by atoms with Gasteiger partial charge >= 0.3 is 17.9 Å². The molecule has 204 valence electrons. The van der Waals surface area contributed by atoms with Crippen LogP contribution in [0.25, 0.3) is 0 Å². The standard InChI is InChI=1S/C33H36O6/c1-16(2)22-13-10-19(7)28-25(22)31(34)38-29-20(8)11-14-23(17(3)4)26(29)33(36)39-30-21(9)12-15-24(18(5)6)27(30)32(35)37-28/h10-18H,1-9H3. The van der Waals surface area contributed by atoms with Gasteiger partial charge in [-0.05, 0) is 71.9 Å². The normalized spacial score (nSPS) is 13.7. The molecule has 0 saturated heterocycles. The molecule has 1 heterocycles. The van der Waals surface area contributed by atoms with Gasteiger partial charge in [0.15, 0.2) is 0 Å². The fourth-order valence-electron chi connectivity index (χ4n) is 5.01. The monoisotopic (exact) mass is 528 g/mol. The number of esters is 3. The lowest BCUT2D eigenvalue weighted by molar-refractivity contribution is 0.0673. The number of carbonyl (C=O) groups is 3. The topological polar surface area (TPSA) is 78.9 Å². The zero-order valence-corrected chi connectivity index (χ0v) is 24.1. The van der Waals surface area contributed by atoms with Crippen LogP contribution in [0.2, 0.25) is 0 Å². The summed E-state index contributed by atoms with van der Waals surface area (Å²) < 4.78 is 18.1. The highest BCUT2D eigenvalue weighted by atomic mass is 16.6. The predicted octanol–water partition coefficient (Wildman–Crippen LogP) is 7.95. The molecule has 0 bridgehead atoms. The molecule has 0 aliphatic carbocycles. The Morgan fingerprint density at radius 2 is 0.667 bits per heavy atom. The smallest absolute Gasteiger partial charge is 0.347 e. The van der Waals surface area contributed by atoms with Crippen molar-refractivity contribution in [1.82, 2.24) is 0 Å². The van der Waals surface area contributed by atoms with Crippen molar-refractivity contribution < 1.29 is 28.6 Å². The molecule has 6 nitrogen and oxygen atoms in total. The summed E-state index contributed by atoms with van der Waals surface area (Å²) in [4.78, 5) is 41.8. The zero-order valence-electron chi connectivity index (χ0n) is 24.1. The summed E-state index contributed by atoms with van der Waals surface area (Å²) in [5.41, 5.74) is 4.40. The number of ether oxygens (including phenoxy) is 3. The Kier molecular flexibility index (Phi) is 7.69. The largest absolute Gasteiger partial charge is 0.422 e. The minimum Gasteiger partial charge on any atom is -0.422 e. The van der Waals surface area contributed by atoms with E-state index in [0.29, 0.717) is 33.4 Å². The molecule has 39 heavy (non-hydrogen) atoms. The fraction of sp³-hybridized carbons (Fsp3) is 0.364. The van der Waals surface area contributed by atoms with E-state index in [2.05, 4.69) is 0 Å². The SMILES string of the molecule is Cc1ccc(C(C)C)c2c1OC(=O)c1c(C(C)C)ccc(C)c1OC(=O)c1c(C(C)C)ccc(C)c1OC2=O. The number of carbonyl (C=O) groups excluding carboxylic acids is 3. The van der Waals surface area contributed by atoms with Crippen LogP contribution in [0.3, 0.4) is 0 Å². The van der Waals surface area contributed by atoms with Crippen LogP contribution in [0.15, 0.2) is 36.4 Å². The van der Waals surface area contributed by atoms with Gasteiger partial charge in [-0.2, -0.15) is 0 Å². The fourth-order valence-corrected chi connectivity index (χ4v) is 5.01. The van der Waals surface area contributed by atoms with Crippen LogP contribution in [-0.2, 0) is 0 Å². The van der Waals surface area contributed by atoms with Crippen LogP contribution >= 0.6 is 0 Å². The van der Waals surface area contributed by atoms with E-state index in [0.717, 1.165) is 0 Å². The Labute approximate surface area is 230 Å². The van der Waals surface area contributed by atoms with Crippen LogP contribution in [0, 0.1) is 20.8 Å². The van der Waals surface area contributed by atoms with Crippen molar-refractivity contribution in [3.63, 3.8) is 0 Å². The third-order valence-corrected chi connectivity index (χ3v) is 7.22. The molecule has 0 fully saturated rings. The highest BCUT2D eigenvalue weighted by Gasteiger charge is 2.33. The van der Waals surface area contributed by atoms with Gasteiger partial charge in [0.25, 0.3) is 0 Å². The molecular weight excluding hydrogens is 492 g/mol. The average Bonchev–Trinajstić information content (AvgIpc) is 2.85. The Morgan fingerprint density at radius 1 is 0.436 bits per heavy atom. The molecule has 0 saturated carbocycles. The van der Waals surface area contributed by atoms with Crippen LogP contribution in [0.1, 0.15) is 124 Å². The molecule has 6 heteroatoms. The number of hydrogen-bond donors (Lipinski definition) is 0. The minimum absolute atomic E-state index is 0.0632. The van der Waals surface area contributed by atoms with Gasteiger partial charge in [0.1, 0.15) is 33.9 Å². The average molecular weight is 529 g/mol. The summed E-state index contributed by atoms with van der Waals surface area (Å²) >= 11 is 0. The molecule has 0 atom stereocenters. The molecule has 1 aliphatic rings. The molecule has 0 N–H and O–H groups in total. The maximum atomic E-state index is 13.9. The molecular formula is C33H36O6. The quantitative estimate of drug-likeness (QED) is 0.253. The van der Waals surface area contributed by atoms with Crippen LogP contribution in [-0.4, -0.2) is 17.9 Å². The first-order valence-corrected chi connectivity index (χ1v) is 13.4. The Morgan fingerprint density at radius 3 is 0.872 bits per heavy atom. The number of rotatable bonds is 3. The molecule has 3 aromatic rings. The van der Waals surface area contributed by atoms with Gasteiger partial charge in [-0.3, -0.25) is 0 Å². The second kappa shape index (κ2) is 10.7. The van der Waals surface area contributed by atoms with Crippen LogP contribution in [0.4, 0.5) is 0 Å². The van der Waals surface area contributed by atoms with Crippen molar-refractivity contribution in [2.75, 3.05) is 0 Å². The second-order valence-corrected chi connectivity index (χ2v) is 11.2. The van der Waals surface area contributed by atoms with E-state index in [4.69, 9.17) is 14.2 Å². The van der Waals surface area contributed by atoms with E-state index in [-0.39, 0.29) is 51.7 Å². The van der Waals surface area contributed by atoms with Gasteiger partial charge in [0, 0.05) is 0 Å². The molecule has 3 aromatic carbocycles. The van der Waals surface area contributed by atoms with Crippen molar-refractivity contribution >= 4 is 17.9 Å². The summed E-state index contributed by atoms with van der Waals surface area (Å²) in [6.07, 6.45) is 0. The number of aryl methyl sites for hydroxylation is 3. The maximum Gasteiger partial charge on any atom is 0.347 e. The summed E-state index contributed by atoms with van der Waals surface area (Å²) in [5, 5.41) is 0. The first kappa shape index (κ1) is 28.1. The molecule has 0 aromatic heterocycles. The number of hydrogen-bond acceptors (Lipinski definition) is 6. The summed E-state index contributed by atoms with van der Waals surface area (Å²) in [6, 6.07) is 11.0. The van der Waals surface area contributed by atoms with Gasteiger partial charge in [0.2, 0.25) is 0 Å². The van der Waals surface area contributed by atoms with Crippen molar-refractivity contribution in [1.29, 1.82) is 0 Å². The van der Waals surface area contributed by atoms with Gasteiger partial charge in [-0.1, -0.05) is 77.9 Å². The van der Waals surface area contributed by atoms with Crippen LogP contribution < -0.4 is 14.2 Å². The second-order valence-electron chi connectivity index (χ2n) is 11.2. The maximum absolute atomic E-state index is 13.9. The van der Waals surface area contributed by atoms with Crippen molar-refractivity contribution in [3.8, 4) is 17.2 Å². The van der Waals surface area contributed by atoms with Crippen molar-refractivity contribution in [2.24, 2.45) is 0 Å². The first-order chi connectivity index (χ1) is 18.3. The van der Waals surface area contributed by atoms with Gasteiger partial charge < -0.3 is 14.2 Å². The summed E-state index contributed by atoms with van der Waals surface area (Å²) in [7, 11) is 0. The van der Waals surface area contributed by atoms with Crippen molar-refractivity contribution in [3.05, 3.63) is 86.5 Å². The van der Waals surface area contributed by atoms with E-state index in [1.54, 1.807) is 20.8 Å². The zero-order chi connectivity index (χ0) is 28.8. The molecule has 4 rings (SSSR count). The first-order valence-electron chi connectivity index (χ1n) is 13.4. The van der Waals surface area contributed by atoms with E-state index in [1.165, 1.54) is 0 Å².